The Hall–Kier alpha value is -1.50. The Labute approximate surface area is 187 Å². The first-order valence-electron chi connectivity index (χ1n) is 11.3. The number of likely N-dealkylation sites (N-methyl/N-ethyl adjacent to an activating group) is 1. The second-order valence-corrected chi connectivity index (χ2v) is 9.08. The summed E-state index contributed by atoms with van der Waals surface area (Å²) in [5, 5.41) is 7.78. The molecule has 2 N–H and O–H groups in total. The van der Waals surface area contributed by atoms with E-state index in [1.54, 1.807) is 7.11 Å². The Kier molecular flexibility index (Phi) is 8.66. The van der Waals surface area contributed by atoms with E-state index in [1.165, 1.54) is 24.9 Å². The highest BCUT2D eigenvalue weighted by Gasteiger charge is 2.36. The molecule has 168 valence electrons. The maximum Gasteiger partial charge on any atom is 0.191 e. The summed E-state index contributed by atoms with van der Waals surface area (Å²) in [6.07, 6.45) is 4.95. The first-order chi connectivity index (χ1) is 14.6. The van der Waals surface area contributed by atoms with Crippen LogP contribution in [0, 0.1) is 5.41 Å². The van der Waals surface area contributed by atoms with Crippen LogP contribution in [0.3, 0.4) is 0 Å². The molecule has 6 nitrogen and oxygen atoms in total. The van der Waals surface area contributed by atoms with E-state index in [2.05, 4.69) is 40.5 Å². The molecule has 0 radical (unpaired) electrons. The molecule has 0 atom stereocenters. The number of ether oxygens (including phenoxy) is 1. The SMILES string of the molecule is CCNC(=NCc1c(Cl)cccc1N1CCN(C)CC1)NCC1(CCOC)CCC1. The van der Waals surface area contributed by atoms with Crippen molar-refractivity contribution in [1.29, 1.82) is 0 Å². The summed E-state index contributed by atoms with van der Waals surface area (Å²) >= 11 is 6.62. The Bertz CT molecular complexity index is 699. The molecule has 3 rings (SSSR count). The maximum absolute atomic E-state index is 6.62. The molecule has 0 bridgehead atoms. The van der Waals surface area contributed by atoms with Crippen molar-refractivity contribution in [3.63, 3.8) is 0 Å². The molecule has 1 aromatic rings. The summed E-state index contributed by atoms with van der Waals surface area (Å²) in [5.74, 6) is 0.866. The lowest BCUT2D eigenvalue weighted by Crippen LogP contribution is -2.47. The molecule has 7 heteroatoms. The number of halogens is 1. The van der Waals surface area contributed by atoms with Crippen molar-refractivity contribution in [2.45, 2.75) is 39.2 Å². The number of nitrogens with one attached hydrogen (secondary N) is 2. The van der Waals surface area contributed by atoms with Crippen LogP contribution in [0.4, 0.5) is 5.69 Å². The first kappa shape index (κ1) is 23.2. The molecule has 0 spiro atoms. The topological polar surface area (TPSA) is 52.1 Å². The minimum atomic E-state index is 0.349. The number of aliphatic imine (C=N–C) groups is 1. The lowest BCUT2D eigenvalue weighted by atomic mass is 9.67. The van der Waals surface area contributed by atoms with Gasteiger partial charge in [-0.1, -0.05) is 24.1 Å². The summed E-state index contributed by atoms with van der Waals surface area (Å²) < 4.78 is 5.33. The van der Waals surface area contributed by atoms with Gasteiger partial charge in [-0.05, 0) is 50.8 Å². The van der Waals surface area contributed by atoms with E-state index in [0.29, 0.717) is 12.0 Å². The predicted octanol–water partition coefficient (Wildman–Crippen LogP) is 3.35. The highest BCUT2D eigenvalue weighted by molar-refractivity contribution is 6.31. The number of rotatable bonds is 9. The van der Waals surface area contributed by atoms with Gasteiger partial charge in [0, 0.05) is 69.3 Å². The number of anilines is 1. The zero-order chi connectivity index (χ0) is 21.4. The zero-order valence-electron chi connectivity index (χ0n) is 18.8. The molecular formula is C23H38ClN5O. The van der Waals surface area contributed by atoms with Crippen LogP contribution in [-0.4, -0.2) is 70.9 Å². The molecule has 0 unspecified atom stereocenters. The third kappa shape index (κ3) is 6.02. The van der Waals surface area contributed by atoms with Crippen LogP contribution in [0.1, 0.15) is 38.2 Å². The van der Waals surface area contributed by atoms with Crippen molar-refractivity contribution in [3.8, 4) is 0 Å². The number of piperazine rings is 1. The smallest absolute Gasteiger partial charge is 0.191 e. The maximum atomic E-state index is 6.62. The molecule has 1 heterocycles. The largest absolute Gasteiger partial charge is 0.385 e. The number of methoxy groups -OCH3 is 1. The van der Waals surface area contributed by atoms with Gasteiger partial charge in [-0.15, -0.1) is 0 Å². The highest BCUT2D eigenvalue weighted by Crippen LogP contribution is 2.43. The van der Waals surface area contributed by atoms with Gasteiger partial charge in [0.2, 0.25) is 0 Å². The number of nitrogens with zero attached hydrogens (tertiary/aromatic N) is 3. The second kappa shape index (κ2) is 11.2. The third-order valence-electron chi connectivity index (χ3n) is 6.56. The van der Waals surface area contributed by atoms with Crippen LogP contribution in [0.15, 0.2) is 23.2 Å². The van der Waals surface area contributed by atoms with Gasteiger partial charge in [-0.3, -0.25) is 0 Å². The standard InChI is InChI=1S/C23H38ClN5O/c1-4-25-22(27-18-23(9-6-10-23)11-16-30-3)26-17-19-20(24)7-5-8-21(19)29-14-12-28(2)13-15-29/h5,7-8H,4,6,9-18H2,1-3H3,(H2,25,26,27). The fourth-order valence-corrected chi connectivity index (χ4v) is 4.56. The second-order valence-electron chi connectivity index (χ2n) is 8.67. The van der Waals surface area contributed by atoms with Crippen molar-refractivity contribution in [2.24, 2.45) is 10.4 Å². The van der Waals surface area contributed by atoms with E-state index in [4.69, 9.17) is 21.3 Å². The van der Waals surface area contributed by atoms with E-state index < -0.39 is 0 Å². The van der Waals surface area contributed by atoms with E-state index in [9.17, 15) is 0 Å². The van der Waals surface area contributed by atoms with Crippen LogP contribution in [0.2, 0.25) is 5.02 Å². The minimum Gasteiger partial charge on any atom is -0.385 e. The van der Waals surface area contributed by atoms with Gasteiger partial charge in [0.25, 0.3) is 0 Å². The predicted molar refractivity (Wildman–Crippen MR) is 127 cm³/mol. The van der Waals surface area contributed by atoms with Crippen LogP contribution >= 0.6 is 11.6 Å². The fourth-order valence-electron chi connectivity index (χ4n) is 4.33. The Morgan fingerprint density at radius 2 is 1.97 bits per heavy atom. The van der Waals surface area contributed by atoms with E-state index >= 15 is 0 Å². The Balaban J connectivity index is 1.68. The molecule has 30 heavy (non-hydrogen) atoms. The van der Waals surface area contributed by atoms with Gasteiger partial charge >= 0.3 is 0 Å². The average Bonchev–Trinajstić information content (AvgIpc) is 2.72. The van der Waals surface area contributed by atoms with Crippen molar-refractivity contribution in [3.05, 3.63) is 28.8 Å². The first-order valence-corrected chi connectivity index (χ1v) is 11.7. The molecule has 0 amide bonds. The van der Waals surface area contributed by atoms with Gasteiger partial charge < -0.3 is 25.2 Å². The van der Waals surface area contributed by atoms with Crippen LogP contribution in [-0.2, 0) is 11.3 Å². The zero-order valence-corrected chi connectivity index (χ0v) is 19.6. The quantitative estimate of drug-likeness (QED) is 0.460. The highest BCUT2D eigenvalue weighted by atomic mass is 35.5. The van der Waals surface area contributed by atoms with Gasteiger partial charge in [-0.2, -0.15) is 0 Å². The number of hydrogen-bond acceptors (Lipinski definition) is 4. The van der Waals surface area contributed by atoms with Crippen molar-refractivity contribution < 1.29 is 4.74 Å². The van der Waals surface area contributed by atoms with Crippen molar-refractivity contribution in [1.82, 2.24) is 15.5 Å². The van der Waals surface area contributed by atoms with Crippen LogP contribution in [0.5, 0.6) is 0 Å². The molecule has 1 aliphatic heterocycles. The number of hydrogen-bond donors (Lipinski definition) is 2. The van der Waals surface area contributed by atoms with Gasteiger partial charge in [0.05, 0.1) is 6.54 Å². The van der Waals surface area contributed by atoms with Crippen molar-refractivity contribution in [2.75, 3.05) is 64.9 Å². The molecule has 2 aliphatic rings. The lowest BCUT2D eigenvalue weighted by molar-refractivity contribution is 0.0732. The lowest BCUT2D eigenvalue weighted by Gasteiger charge is -2.42. The molecule has 2 fully saturated rings. The normalized spacial score (nSPS) is 19.5. The van der Waals surface area contributed by atoms with E-state index in [0.717, 1.165) is 68.8 Å². The summed E-state index contributed by atoms with van der Waals surface area (Å²) in [6.45, 7) is 9.46. The van der Waals surface area contributed by atoms with E-state index in [1.807, 2.05) is 12.1 Å². The average molecular weight is 436 g/mol. The molecule has 0 aromatic heterocycles. The monoisotopic (exact) mass is 435 g/mol. The number of benzene rings is 1. The Morgan fingerprint density at radius 3 is 2.60 bits per heavy atom. The van der Waals surface area contributed by atoms with Crippen LogP contribution < -0.4 is 15.5 Å². The number of guanidine groups is 1. The van der Waals surface area contributed by atoms with E-state index in [-0.39, 0.29) is 0 Å². The summed E-state index contributed by atoms with van der Waals surface area (Å²) in [6, 6.07) is 6.19. The molecule has 1 aromatic carbocycles. The van der Waals surface area contributed by atoms with Gasteiger partial charge in [-0.25, -0.2) is 4.99 Å². The van der Waals surface area contributed by atoms with Crippen molar-refractivity contribution >= 4 is 23.2 Å². The third-order valence-corrected chi connectivity index (χ3v) is 6.91. The molecular weight excluding hydrogens is 398 g/mol. The molecule has 1 saturated heterocycles. The molecule has 1 aliphatic carbocycles. The van der Waals surface area contributed by atoms with Crippen LogP contribution in [0.25, 0.3) is 0 Å². The van der Waals surface area contributed by atoms with Gasteiger partial charge in [0.15, 0.2) is 5.96 Å². The summed E-state index contributed by atoms with van der Waals surface area (Å²) in [5.41, 5.74) is 2.67. The minimum absolute atomic E-state index is 0.349. The Morgan fingerprint density at radius 1 is 1.20 bits per heavy atom. The summed E-state index contributed by atoms with van der Waals surface area (Å²) in [7, 11) is 3.96. The van der Waals surface area contributed by atoms with Gasteiger partial charge in [0.1, 0.15) is 0 Å². The summed E-state index contributed by atoms with van der Waals surface area (Å²) in [4.78, 5) is 9.70. The molecule has 1 saturated carbocycles. The fraction of sp³-hybridized carbons (Fsp3) is 0.696.